The number of nitrogens with one attached hydrogen (secondary N) is 1. The lowest BCUT2D eigenvalue weighted by Crippen LogP contribution is -2.24. The lowest BCUT2D eigenvalue weighted by molar-refractivity contribution is -0.121. The van der Waals surface area contributed by atoms with Gasteiger partial charge in [-0.25, -0.2) is 10.1 Å². The van der Waals surface area contributed by atoms with Crippen LogP contribution in [0.5, 0.6) is 5.75 Å². The Balaban J connectivity index is 2.07. The Labute approximate surface area is 164 Å². The Hall–Kier alpha value is -1.95. The van der Waals surface area contributed by atoms with E-state index < -0.39 is 5.91 Å². The molecule has 0 unspecified atom stereocenters. The van der Waals surface area contributed by atoms with Crippen molar-refractivity contribution in [3.05, 3.63) is 24.8 Å². The number of hydrazone groups is 1. The number of ether oxygens (including phenoxy) is 1. The third kappa shape index (κ3) is 5.03. The van der Waals surface area contributed by atoms with Crippen molar-refractivity contribution in [2.45, 2.75) is 6.54 Å². The molecule has 0 spiro atoms. The molecular formula is C13H11I2N7O2. The second kappa shape index (κ2) is 8.78. The normalized spacial score (nSPS) is 10.5. The number of aromatic nitrogens is 4. The van der Waals surface area contributed by atoms with Crippen LogP contribution in [0.15, 0.2) is 17.2 Å². The topological polar surface area (TPSA) is 120 Å². The summed E-state index contributed by atoms with van der Waals surface area (Å²) in [7, 11) is 0. The lowest BCUT2D eigenvalue weighted by atomic mass is 10.2. The van der Waals surface area contributed by atoms with Crippen LogP contribution in [-0.2, 0) is 11.3 Å². The van der Waals surface area contributed by atoms with Crippen molar-refractivity contribution in [1.82, 2.24) is 25.6 Å². The second-order valence-electron chi connectivity index (χ2n) is 4.29. The van der Waals surface area contributed by atoms with E-state index in [2.05, 4.69) is 77.2 Å². The highest BCUT2D eigenvalue weighted by molar-refractivity contribution is 14.1. The number of rotatable bonds is 6. The van der Waals surface area contributed by atoms with E-state index in [0.717, 1.165) is 11.8 Å². The first kappa shape index (κ1) is 18.4. The smallest absolute Gasteiger partial charge is 0.261 e. The van der Waals surface area contributed by atoms with Crippen LogP contribution in [0, 0.1) is 19.5 Å². The molecule has 0 atom stereocenters. The molecule has 2 aromatic rings. The van der Waals surface area contributed by atoms with E-state index in [1.165, 1.54) is 6.21 Å². The largest absolute Gasteiger partial charge is 0.479 e. The number of amides is 1. The molecule has 124 valence electrons. The van der Waals surface area contributed by atoms with Crippen molar-refractivity contribution >= 4 is 63.3 Å². The Morgan fingerprint density at radius 2 is 2.33 bits per heavy atom. The molecule has 3 N–H and O–H groups in total. The fraction of sp³-hybridized carbons (Fsp3) is 0.154. The van der Waals surface area contributed by atoms with Crippen LogP contribution in [0.3, 0.4) is 0 Å². The molecule has 9 nitrogen and oxygen atoms in total. The maximum absolute atomic E-state index is 11.8. The highest BCUT2D eigenvalue weighted by atomic mass is 127. The summed E-state index contributed by atoms with van der Waals surface area (Å²) in [6.07, 6.45) is 6.71. The van der Waals surface area contributed by atoms with Gasteiger partial charge in [-0.05, 0) is 67.7 Å². The summed E-state index contributed by atoms with van der Waals surface area (Å²) in [4.78, 5) is 11.8. The van der Waals surface area contributed by atoms with E-state index in [1.807, 2.05) is 12.1 Å². The van der Waals surface area contributed by atoms with Crippen molar-refractivity contribution < 1.29 is 9.53 Å². The lowest BCUT2D eigenvalue weighted by Gasteiger charge is -2.09. The molecule has 0 fully saturated rings. The second-order valence-corrected chi connectivity index (χ2v) is 6.69. The summed E-state index contributed by atoms with van der Waals surface area (Å²) in [6.45, 7) is 0.00283. The highest BCUT2D eigenvalue weighted by Crippen LogP contribution is 2.27. The zero-order valence-corrected chi connectivity index (χ0v) is 16.4. The molecule has 1 aromatic heterocycles. The summed E-state index contributed by atoms with van der Waals surface area (Å²) in [6, 6.07) is 3.81. The van der Waals surface area contributed by atoms with Crippen LogP contribution in [0.4, 0.5) is 5.95 Å². The first-order valence-corrected chi connectivity index (χ1v) is 8.56. The number of halogens is 2. The van der Waals surface area contributed by atoms with Gasteiger partial charge in [0, 0.05) is 9.13 Å². The monoisotopic (exact) mass is 551 g/mol. The van der Waals surface area contributed by atoms with Gasteiger partial charge in [0.2, 0.25) is 5.95 Å². The van der Waals surface area contributed by atoms with Gasteiger partial charge >= 0.3 is 0 Å². The SMILES string of the molecule is C#CCOc1c(I)cc(I)cc1/C=N\NC(=O)Cn1nnnc1N. The van der Waals surface area contributed by atoms with Gasteiger partial charge in [-0.15, -0.1) is 6.42 Å². The molecule has 0 bridgehead atoms. The molecule has 1 heterocycles. The molecule has 24 heavy (non-hydrogen) atoms. The number of nitrogen functional groups attached to an aromatic ring is 1. The van der Waals surface area contributed by atoms with Gasteiger partial charge in [0.25, 0.3) is 5.91 Å². The predicted octanol–water partition coefficient (Wildman–Crippen LogP) is 0.627. The molecule has 11 heteroatoms. The number of nitrogens with two attached hydrogens (primary N) is 1. The molecule has 0 aliphatic carbocycles. The van der Waals surface area contributed by atoms with Crippen LogP contribution in [0.25, 0.3) is 0 Å². The van der Waals surface area contributed by atoms with E-state index in [1.54, 1.807) is 0 Å². The minimum Gasteiger partial charge on any atom is -0.479 e. The average Bonchev–Trinajstić information content (AvgIpc) is 2.91. The number of carbonyl (C=O) groups is 1. The van der Waals surface area contributed by atoms with Crippen molar-refractivity contribution in [3.8, 4) is 18.1 Å². The fourth-order valence-corrected chi connectivity index (χ4v) is 3.66. The molecule has 0 saturated heterocycles. The number of carbonyl (C=O) groups excluding carboxylic acids is 1. The van der Waals surface area contributed by atoms with Crippen LogP contribution in [0.2, 0.25) is 0 Å². The van der Waals surface area contributed by atoms with E-state index in [-0.39, 0.29) is 19.1 Å². The summed E-state index contributed by atoms with van der Waals surface area (Å²) in [5.74, 6) is 2.65. The van der Waals surface area contributed by atoms with E-state index in [4.69, 9.17) is 16.9 Å². The van der Waals surface area contributed by atoms with Gasteiger partial charge in [-0.1, -0.05) is 11.0 Å². The Morgan fingerprint density at radius 1 is 1.54 bits per heavy atom. The van der Waals surface area contributed by atoms with Gasteiger partial charge < -0.3 is 10.5 Å². The van der Waals surface area contributed by atoms with Crippen LogP contribution in [0.1, 0.15) is 5.56 Å². The van der Waals surface area contributed by atoms with Crippen LogP contribution in [-0.4, -0.2) is 38.9 Å². The first-order valence-electron chi connectivity index (χ1n) is 6.40. The zero-order valence-electron chi connectivity index (χ0n) is 12.1. The fourth-order valence-electron chi connectivity index (χ4n) is 1.61. The molecule has 1 amide bonds. The summed E-state index contributed by atoms with van der Waals surface area (Å²) in [5, 5.41) is 14.3. The predicted molar refractivity (Wildman–Crippen MR) is 104 cm³/mol. The standard InChI is InChI=1S/C13H11I2N7O2/c1-2-3-24-12-8(4-9(14)5-10(12)15)6-17-18-11(23)7-22-13(16)19-20-21-22/h1,4-6H,3,7H2,(H,18,23)(H2,16,19,21)/b17-6-. The van der Waals surface area contributed by atoms with Gasteiger partial charge in [0.05, 0.1) is 9.78 Å². The average molecular weight is 551 g/mol. The van der Waals surface area contributed by atoms with Crippen LogP contribution >= 0.6 is 45.2 Å². The number of nitrogens with zero attached hydrogens (tertiary/aromatic N) is 5. The highest BCUT2D eigenvalue weighted by Gasteiger charge is 2.10. The molecular weight excluding hydrogens is 540 g/mol. The van der Waals surface area contributed by atoms with Crippen molar-refractivity contribution in [3.63, 3.8) is 0 Å². The van der Waals surface area contributed by atoms with Gasteiger partial charge in [0.15, 0.2) is 0 Å². The molecule has 0 aliphatic heterocycles. The molecule has 2 rings (SSSR count). The molecule has 1 aromatic carbocycles. The van der Waals surface area contributed by atoms with E-state index in [9.17, 15) is 4.79 Å². The van der Waals surface area contributed by atoms with Crippen molar-refractivity contribution in [2.24, 2.45) is 5.10 Å². The maximum atomic E-state index is 11.8. The molecule has 0 saturated carbocycles. The minimum absolute atomic E-state index is 0.0475. The molecule has 0 aliphatic rings. The summed E-state index contributed by atoms with van der Waals surface area (Å²) in [5.41, 5.74) is 8.56. The number of benzene rings is 1. The third-order valence-electron chi connectivity index (χ3n) is 2.58. The third-order valence-corrected chi connectivity index (χ3v) is 4.01. The van der Waals surface area contributed by atoms with E-state index >= 15 is 0 Å². The Kier molecular flexibility index (Phi) is 6.73. The zero-order chi connectivity index (χ0) is 17.5. The van der Waals surface area contributed by atoms with E-state index in [0.29, 0.717) is 11.3 Å². The van der Waals surface area contributed by atoms with Gasteiger partial charge in [0.1, 0.15) is 18.9 Å². The number of tetrazole rings is 1. The van der Waals surface area contributed by atoms with Crippen molar-refractivity contribution in [2.75, 3.05) is 12.3 Å². The first-order chi connectivity index (χ1) is 11.5. The summed E-state index contributed by atoms with van der Waals surface area (Å²) < 4.78 is 8.58. The van der Waals surface area contributed by atoms with Crippen molar-refractivity contribution in [1.29, 1.82) is 0 Å². The Bertz CT molecular complexity index is 813. The number of hydrogen-bond donors (Lipinski definition) is 2. The van der Waals surface area contributed by atoms with Gasteiger partial charge in [-0.2, -0.15) is 5.10 Å². The van der Waals surface area contributed by atoms with Gasteiger partial charge in [-0.3, -0.25) is 4.79 Å². The molecule has 0 radical (unpaired) electrons. The quantitative estimate of drug-likeness (QED) is 0.235. The number of hydrogen-bond acceptors (Lipinski definition) is 7. The summed E-state index contributed by atoms with van der Waals surface area (Å²) >= 11 is 4.33. The maximum Gasteiger partial charge on any atom is 0.261 e. The van der Waals surface area contributed by atoms with Crippen LogP contribution < -0.4 is 15.9 Å². The minimum atomic E-state index is -0.420. The Morgan fingerprint density at radius 3 is 3.00 bits per heavy atom. The number of anilines is 1. The number of terminal acetylenes is 1.